The molecule has 0 amide bonds. The molecular weight excluding hydrogens is 277 g/mol. The second kappa shape index (κ2) is 9.17. The van der Waals surface area contributed by atoms with Crippen LogP contribution in [-0.4, -0.2) is 19.3 Å². The summed E-state index contributed by atoms with van der Waals surface area (Å²) in [5.41, 5.74) is 0. The Kier molecular flexibility index (Phi) is 9.28. The highest BCUT2D eigenvalue weighted by atomic mass is 35.5. The Labute approximate surface area is 119 Å². The average Bonchev–Trinajstić information content (AvgIpc) is 2.61. The van der Waals surface area contributed by atoms with Crippen molar-refractivity contribution in [1.29, 1.82) is 0 Å². The molecule has 1 N–H and O–H groups in total. The Morgan fingerprint density at radius 3 is 2.53 bits per heavy atom. The van der Waals surface area contributed by atoms with Gasteiger partial charge >= 0.3 is 0 Å². The molecule has 0 aliphatic rings. The number of nitrogens with one attached hydrogen (secondary N) is 1. The van der Waals surface area contributed by atoms with Crippen LogP contribution in [0.4, 0.5) is 0 Å². The van der Waals surface area contributed by atoms with Gasteiger partial charge < -0.3 is 10.1 Å². The lowest BCUT2D eigenvalue weighted by Gasteiger charge is -2.14. The Morgan fingerprint density at radius 1 is 1.29 bits per heavy atom. The van der Waals surface area contributed by atoms with E-state index in [2.05, 4.69) is 32.2 Å². The molecule has 0 fully saturated rings. The predicted octanol–water partition coefficient (Wildman–Crippen LogP) is 3.97. The topological polar surface area (TPSA) is 21.3 Å². The zero-order valence-electron chi connectivity index (χ0n) is 10.5. The zero-order chi connectivity index (χ0) is 12.0. The first kappa shape index (κ1) is 17.2. The van der Waals surface area contributed by atoms with Crippen LogP contribution in [0.15, 0.2) is 12.1 Å². The van der Waals surface area contributed by atoms with Crippen LogP contribution in [0.25, 0.3) is 0 Å². The molecular formula is C12H21Cl2NOS. The van der Waals surface area contributed by atoms with Gasteiger partial charge in [-0.15, -0.1) is 23.7 Å². The predicted molar refractivity (Wildman–Crippen MR) is 78.5 cm³/mol. The molecule has 0 aromatic carbocycles. The molecule has 1 atom stereocenters. The monoisotopic (exact) mass is 297 g/mol. The first-order valence-corrected chi connectivity index (χ1v) is 6.82. The fourth-order valence-corrected chi connectivity index (χ4v) is 2.30. The molecule has 2 nitrogen and oxygen atoms in total. The summed E-state index contributed by atoms with van der Waals surface area (Å²) in [5.74, 6) is 0.600. The van der Waals surface area contributed by atoms with Gasteiger partial charge in [0.1, 0.15) is 0 Å². The Morgan fingerprint density at radius 2 is 2.00 bits per heavy atom. The SMILES string of the molecule is CC(C)COCC(C)NCc1ccc(Cl)s1.Cl. The van der Waals surface area contributed by atoms with Crippen LogP contribution in [-0.2, 0) is 11.3 Å². The third kappa shape index (κ3) is 8.01. The lowest BCUT2D eigenvalue weighted by atomic mass is 10.2. The van der Waals surface area contributed by atoms with Gasteiger partial charge in [-0.25, -0.2) is 0 Å². The van der Waals surface area contributed by atoms with E-state index in [9.17, 15) is 0 Å². The van der Waals surface area contributed by atoms with E-state index >= 15 is 0 Å². The van der Waals surface area contributed by atoms with Crippen molar-refractivity contribution in [2.75, 3.05) is 13.2 Å². The molecule has 0 spiro atoms. The lowest BCUT2D eigenvalue weighted by molar-refractivity contribution is 0.0936. The molecule has 0 aliphatic carbocycles. The third-order valence-corrected chi connectivity index (χ3v) is 3.30. The van der Waals surface area contributed by atoms with Crippen molar-refractivity contribution in [1.82, 2.24) is 5.32 Å². The number of thiophene rings is 1. The van der Waals surface area contributed by atoms with E-state index in [4.69, 9.17) is 16.3 Å². The van der Waals surface area contributed by atoms with Gasteiger partial charge in [-0.1, -0.05) is 25.4 Å². The molecule has 1 aromatic rings. The minimum Gasteiger partial charge on any atom is -0.380 e. The van der Waals surface area contributed by atoms with Crippen LogP contribution in [0.2, 0.25) is 4.34 Å². The number of hydrogen-bond acceptors (Lipinski definition) is 3. The lowest BCUT2D eigenvalue weighted by Crippen LogP contribution is -2.30. The molecule has 0 bridgehead atoms. The van der Waals surface area contributed by atoms with E-state index < -0.39 is 0 Å². The van der Waals surface area contributed by atoms with Gasteiger partial charge in [0.15, 0.2) is 0 Å². The first-order chi connectivity index (χ1) is 7.58. The fourth-order valence-electron chi connectivity index (χ4n) is 1.26. The zero-order valence-corrected chi connectivity index (χ0v) is 12.9. The van der Waals surface area contributed by atoms with E-state index in [0.29, 0.717) is 12.0 Å². The van der Waals surface area contributed by atoms with Crippen molar-refractivity contribution in [3.63, 3.8) is 0 Å². The van der Waals surface area contributed by atoms with Gasteiger partial charge in [-0.05, 0) is 25.0 Å². The summed E-state index contributed by atoms with van der Waals surface area (Å²) in [5, 5.41) is 3.41. The highest BCUT2D eigenvalue weighted by Gasteiger charge is 2.04. The number of halogens is 2. The van der Waals surface area contributed by atoms with Crippen molar-refractivity contribution in [3.8, 4) is 0 Å². The van der Waals surface area contributed by atoms with Crippen LogP contribution in [0, 0.1) is 5.92 Å². The number of hydrogen-bond donors (Lipinski definition) is 1. The van der Waals surface area contributed by atoms with E-state index in [1.807, 2.05) is 6.07 Å². The van der Waals surface area contributed by atoms with Crippen LogP contribution in [0.5, 0.6) is 0 Å². The van der Waals surface area contributed by atoms with Crippen molar-refractivity contribution in [3.05, 3.63) is 21.3 Å². The highest BCUT2D eigenvalue weighted by molar-refractivity contribution is 7.16. The second-order valence-corrected chi connectivity index (χ2v) is 6.22. The Hall–Kier alpha value is 0.200. The molecule has 0 radical (unpaired) electrons. The summed E-state index contributed by atoms with van der Waals surface area (Å²) < 4.78 is 6.41. The van der Waals surface area contributed by atoms with Gasteiger partial charge in [-0.3, -0.25) is 0 Å². The van der Waals surface area contributed by atoms with Gasteiger partial charge in [0.25, 0.3) is 0 Å². The van der Waals surface area contributed by atoms with Gasteiger partial charge in [0, 0.05) is 24.1 Å². The molecule has 0 saturated heterocycles. The molecule has 100 valence electrons. The van der Waals surface area contributed by atoms with Gasteiger partial charge in [0.2, 0.25) is 0 Å². The van der Waals surface area contributed by atoms with Crippen molar-refractivity contribution >= 4 is 35.3 Å². The fraction of sp³-hybridized carbons (Fsp3) is 0.667. The minimum atomic E-state index is 0. The normalized spacial score (nSPS) is 12.5. The summed E-state index contributed by atoms with van der Waals surface area (Å²) >= 11 is 7.48. The van der Waals surface area contributed by atoms with Gasteiger partial charge in [0.05, 0.1) is 10.9 Å². The molecule has 0 saturated carbocycles. The van der Waals surface area contributed by atoms with Crippen molar-refractivity contribution in [2.24, 2.45) is 5.92 Å². The van der Waals surface area contributed by atoms with Crippen molar-refractivity contribution < 1.29 is 4.74 Å². The second-order valence-electron chi connectivity index (χ2n) is 4.42. The molecule has 1 rings (SSSR count). The van der Waals surface area contributed by atoms with E-state index in [1.54, 1.807) is 11.3 Å². The van der Waals surface area contributed by atoms with Crippen LogP contribution >= 0.6 is 35.3 Å². The van der Waals surface area contributed by atoms with E-state index in [-0.39, 0.29) is 12.4 Å². The van der Waals surface area contributed by atoms with Crippen LogP contribution in [0.1, 0.15) is 25.6 Å². The third-order valence-electron chi connectivity index (χ3n) is 2.07. The van der Waals surface area contributed by atoms with Crippen LogP contribution in [0.3, 0.4) is 0 Å². The average molecular weight is 298 g/mol. The molecule has 1 heterocycles. The quantitative estimate of drug-likeness (QED) is 0.822. The Bertz CT molecular complexity index is 304. The summed E-state index contributed by atoms with van der Waals surface area (Å²) in [4.78, 5) is 1.26. The highest BCUT2D eigenvalue weighted by Crippen LogP contribution is 2.21. The summed E-state index contributed by atoms with van der Waals surface area (Å²) in [6, 6.07) is 4.37. The van der Waals surface area contributed by atoms with Crippen LogP contribution < -0.4 is 5.32 Å². The standard InChI is InChI=1S/C12H20ClNOS.ClH/c1-9(2)7-15-8-10(3)14-6-11-4-5-12(13)16-11;/h4-5,9-10,14H,6-8H2,1-3H3;1H. The van der Waals surface area contributed by atoms with E-state index in [0.717, 1.165) is 24.1 Å². The largest absolute Gasteiger partial charge is 0.380 e. The smallest absolute Gasteiger partial charge is 0.0931 e. The Balaban J connectivity index is 0.00000256. The number of rotatable bonds is 7. The van der Waals surface area contributed by atoms with Gasteiger partial charge in [-0.2, -0.15) is 0 Å². The maximum atomic E-state index is 5.86. The number of ether oxygens (including phenoxy) is 1. The maximum Gasteiger partial charge on any atom is 0.0931 e. The molecule has 1 aromatic heterocycles. The molecule has 0 aliphatic heterocycles. The van der Waals surface area contributed by atoms with Crippen molar-refractivity contribution in [2.45, 2.75) is 33.4 Å². The molecule has 1 unspecified atom stereocenters. The van der Waals surface area contributed by atoms with E-state index in [1.165, 1.54) is 4.88 Å². The minimum absolute atomic E-state index is 0. The summed E-state index contributed by atoms with van der Waals surface area (Å²) in [6.07, 6.45) is 0. The maximum absolute atomic E-state index is 5.86. The summed E-state index contributed by atoms with van der Waals surface area (Å²) in [7, 11) is 0. The first-order valence-electron chi connectivity index (χ1n) is 5.63. The molecule has 5 heteroatoms. The molecule has 17 heavy (non-hydrogen) atoms. The summed E-state index contributed by atoms with van der Waals surface area (Å²) in [6.45, 7) is 8.91.